The lowest BCUT2D eigenvalue weighted by Crippen LogP contribution is -2.40. The summed E-state index contributed by atoms with van der Waals surface area (Å²) in [6.45, 7) is 3.65. The maximum atomic E-state index is 13.3. The molecule has 0 atom stereocenters. The Hall–Kier alpha value is -1.13. The van der Waals surface area contributed by atoms with Gasteiger partial charge in [-0.25, -0.2) is 4.39 Å². The number of amides is 1. The number of hydrogen-bond donors (Lipinski definition) is 1. The summed E-state index contributed by atoms with van der Waals surface area (Å²) in [6.07, 6.45) is 6.20. The van der Waals surface area contributed by atoms with E-state index in [-0.39, 0.29) is 29.5 Å². The van der Waals surface area contributed by atoms with E-state index in [0.717, 1.165) is 18.4 Å². The van der Waals surface area contributed by atoms with E-state index in [9.17, 15) is 9.18 Å². The van der Waals surface area contributed by atoms with Gasteiger partial charge in [-0.2, -0.15) is 0 Å². The molecule has 0 aromatic heterocycles. The van der Waals surface area contributed by atoms with Crippen molar-refractivity contribution >= 4 is 18.3 Å². The van der Waals surface area contributed by atoms with Crippen molar-refractivity contribution < 1.29 is 9.18 Å². The van der Waals surface area contributed by atoms with Gasteiger partial charge < -0.3 is 10.6 Å². The number of carbonyl (C=O) groups excluding carboxylic acids is 1. The molecule has 2 N–H and O–H groups in total. The lowest BCUT2D eigenvalue weighted by Gasteiger charge is -2.37. The molecule has 1 amide bonds. The number of nitrogens with zero attached hydrogens (tertiary/aromatic N) is 1. The predicted molar refractivity (Wildman–Crippen MR) is 93.9 cm³/mol. The highest BCUT2D eigenvalue weighted by molar-refractivity contribution is 5.85. The summed E-state index contributed by atoms with van der Waals surface area (Å²) >= 11 is 0. The molecule has 0 aliphatic heterocycles. The van der Waals surface area contributed by atoms with Gasteiger partial charge in [0, 0.05) is 19.5 Å². The van der Waals surface area contributed by atoms with Gasteiger partial charge in [0.05, 0.1) is 0 Å². The first kappa shape index (κ1) is 19.9. The number of benzene rings is 1. The second kappa shape index (κ2) is 9.24. The zero-order valence-corrected chi connectivity index (χ0v) is 14.7. The van der Waals surface area contributed by atoms with E-state index in [1.807, 2.05) is 13.0 Å². The summed E-state index contributed by atoms with van der Waals surface area (Å²) in [7, 11) is 0. The third-order valence-electron chi connectivity index (χ3n) is 4.87. The van der Waals surface area contributed by atoms with Crippen LogP contribution in [0.5, 0.6) is 0 Å². The first-order valence-electron chi connectivity index (χ1n) is 8.31. The molecule has 0 radical (unpaired) electrons. The Kier molecular flexibility index (Phi) is 8.00. The summed E-state index contributed by atoms with van der Waals surface area (Å²) in [5.41, 5.74) is 6.79. The fraction of sp³-hybridized carbons (Fsp3) is 0.611. The molecule has 1 aromatic rings. The van der Waals surface area contributed by atoms with Crippen molar-refractivity contribution in [2.45, 2.75) is 52.0 Å². The van der Waals surface area contributed by atoms with Gasteiger partial charge in [-0.05, 0) is 49.4 Å². The fourth-order valence-electron chi connectivity index (χ4n) is 3.42. The van der Waals surface area contributed by atoms with E-state index in [4.69, 9.17) is 5.73 Å². The number of hydrogen-bond acceptors (Lipinski definition) is 2. The zero-order chi connectivity index (χ0) is 16.0. The average molecular weight is 343 g/mol. The summed E-state index contributed by atoms with van der Waals surface area (Å²) < 4.78 is 13.3. The molecule has 130 valence electrons. The van der Waals surface area contributed by atoms with Crippen LogP contribution in [-0.4, -0.2) is 23.9 Å². The highest BCUT2D eigenvalue weighted by Crippen LogP contribution is 2.38. The van der Waals surface area contributed by atoms with Gasteiger partial charge in [0.25, 0.3) is 0 Å². The predicted octanol–water partition coefficient (Wildman–Crippen LogP) is 3.90. The highest BCUT2D eigenvalue weighted by Gasteiger charge is 2.34. The average Bonchev–Trinajstić information content (AvgIpc) is 2.53. The van der Waals surface area contributed by atoms with Gasteiger partial charge >= 0.3 is 0 Å². The lowest BCUT2D eigenvalue weighted by molar-refractivity contribution is -0.134. The molecule has 1 saturated carbocycles. The molecule has 5 heteroatoms. The van der Waals surface area contributed by atoms with Crippen molar-refractivity contribution in [3.63, 3.8) is 0 Å². The molecule has 0 bridgehead atoms. The summed E-state index contributed by atoms with van der Waals surface area (Å²) in [4.78, 5) is 14.5. The molecule has 0 heterocycles. The molecule has 1 aliphatic carbocycles. The first-order valence-corrected chi connectivity index (χ1v) is 8.31. The van der Waals surface area contributed by atoms with Crippen LogP contribution in [0.15, 0.2) is 24.3 Å². The minimum absolute atomic E-state index is 0. The van der Waals surface area contributed by atoms with Crippen LogP contribution in [0.1, 0.15) is 51.0 Å². The molecule has 0 spiro atoms. The molecule has 3 nitrogen and oxygen atoms in total. The van der Waals surface area contributed by atoms with Crippen molar-refractivity contribution in [3.05, 3.63) is 35.6 Å². The minimum Gasteiger partial charge on any atom is -0.339 e. The van der Waals surface area contributed by atoms with Crippen LogP contribution in [0.4, 0.5) is 4.39 Å². The second-order valence-electron chi connectivity index (χ2n) is 6.48. The monoisotopic (exact) mass is 342 g/mol. The van der Waals surface area contributed by atoms with E-state index in [0.29, 0.717) is 26.1 Å². The van der Waals surface area contributed by atoms with E-state index < -0.39 is 0 Å². The van der Waals surface area contributed by atoms with Crippen LogP contribution in [0.2, 0.25) is 0 Å². The topological polar surface area (TPSA) is 46.3 Å². The normalized spacial score (nSPS) is 16.5. The Morgan fingerprint density at radius 1 is 1.30 bits per heavy atom. The lowest BCUT2D eigenvalue weighted by atomic mass is 9.71. The molecule has 0 unspecified atom stereocenters. The van der Waals surface area contributed by atoms with E-state index in [1.54, 1.807) is 11.0 Å². The molecular weight excluding hydrogens is 315 g/mol. The summed E-state index contributed by atoms with van der Waals surface area (Å²) in [6, 6.07) is 6.46. The maximum absolute atomic E-state index is 13.3. The van der Waals surface area contributed by atoms with E-state index in [2.05, 4.69) is 0 Å². The Morgan fingerprint density at radius 3 is 2.57 bits per heavy atom. The van der Waals surface area contributed by atoms with Gasteiger partial charge in [-0.3, -0.25) is 4.79 Å². The van der Waals surface area contributed by atoms with Crippen LogP contribution in [0, 0.1) is 11.2 Å². The van der Waals surface area contributed by atoms with Crippen LogP contribution < -0.4 is 5.73 Å². The van der Waals surface area contributed by atoms with Crippen molar-refractivity contribution in [1.82, 2.24) is 4.90 Å². The largest absolute Gasteiger partial charge is 0.339 e. The molecule has 1 fully saturated rings. The Bertz CT molecular complexity index is 504. The van der Waals surface area contributed by atoms with Crippen molar-refractivity contribution in [1.29, 1.82) is 0 Å². The number of rotatable bonds is 6. The van der Waals surface area contributed by atoms with E-state index in [1.165, 1.54) is 31.4 Å². The van der Waals surface area contributed by atoms with Gasteiger partial charge in [0.15, 0.2) is 0 Å². The van der Waals surface area contributed by atoms with Crippen molar-refractivity contribution in [2.75, 3.05) is 13.1 Å². The Morgan fingerprint density at radius 2 is 2.00 bits per heavy atom. The maximum Gasteiger partial charge on any atom is 0.223 e. The van der Waals surface area contributed by atoms with Crippen LogP contribution >= 0.6 is 12.4 Å². The van der Waals surface area contributed by atoms with Crippen LogP contribution in [0.3, 0.4) is 0 Å². The van der Waals surface area contributed by atoms with Gasteiger partial charge in [0.2, 0.25) is 5.91 Å². The standard InChI is InChI=1S/C18H27FN2O.ClH/c1-2-21(13-15-7-6-8-16(19)11-15)17(22)12-18(14-20)9-4-3-5-10-18;/h6-8,11H,2-5,9-10,12-14,20H2,1H3;1H. The number of nitrogens with two attached hydrogens (primary N) is 1. The summed E-state index contributed by atoms with van der Waals surface area (Å²) in [5, 5.41) is 0. The molecular formula is C18H28ClFN2O. The van der Waals surface area contributed by atoms with Gasteiger partial charge in [-0.1, -0.05) is 31.4 Å². The highest BCUT2D eigenvalue weighted by atomic mass is 35.5. The zero-order valence-electron chi connectivity index (χ0n) is 13.9. The summed E-state index contributed by atoms with van der Waals surface area (Å²) in [5.74, 6) is -0.120. The van der Waals surface area contributed by atoms with Gasteiger partial charge in [0.1, 0.15) is 5.82 Å². The Labute approximate surface area is 144 Å². The van der Waals surface area contributed by atoms with Crippen molar-refractivity contribution in [3.8, 4) is 0 Å². The molecule has 0 saturated heterocycles. The smallest absolute Gasteiger partial charge is 0.223 e. The first-order chi connectivity index (χ1) is 10.6. The van der Waals surface area contributed by atoms with Crippen LogP contribution in [0.25, 0.3) is 0 Å². The van der Waals surface area contributed by atoms with Crippen LogP contribution in [-0.2, 0) is 11.3 Å². The SMILES string of the molecule is CCN(Cc1cccc(F)c1)C(=O)CC1(CN)CCCCC1.Cl. The number of carbonyl (C=O) groups is 1. The van der Waals surface area contributed by atoms with Crippen molar-refractivity contribution in [2.24, 2.45) is 11.1 Å². The molecule has 23 heavy (non-hydrogen) atoms. The van der Waals surface area contributed by atoms with E-state index >= 15 is 0 Å². The van der Waals surface area contributed by atoms with Gasteiger partial charge in [-0.15, -0.1) is 12.4 Å². The molecule has 1 aromatic carbocycles. The third-order valence-corrected chi connectivity index (χ3v) is 4.87. The third kappa shape index (κ3) is 5.47. The minimum atomic E-state index is -0.258. The number of halogens is 2. The second-order valence-corrected chi connectivity index (χ2v) is 6.48. The molecule has 2 rings (SSSR count). The fourth-order valence-corrected chi connectivity index (χ4v) is 3.42. The quantitative estimate of drug-likeness (QED) is 0.852. The Balaban J connectivity index is 0.00000264. The molecule has 1 aliphatic rings.